The molecule has 3 nitrogen and oxygen atoms in total. The summed E-state index contributed by atoms with van der Waals surface area (Å²) in [5, 5.41) is 9.96. The van der Waals surface area contributed by atoms with E-state index in [4.69, 9.17) is 11.1 Å². The molecule has 1 rings (SSSR count). The molecule has 0 aromatic heterocycles. The molecule has 1 aliphatic heterocycles. The summed E-state index contributed by atoms with van der Waals surface area (Å²) in [4.78, 5) is 0. The minimum absolute atomic E-state index is 0.0486. The summed E-state index contributed by atoms with van der Waals surface area (Å²) < 4.78 is 0. The first kappa shape index (κ1) is 4.74. The van der Waals surface area contributed by atoms with Crippen molar-refractivity contribution in [3.63, 3.8) is 0 Å². The lowest BCUT2D eigenvalue weighted by molar-refractivity contribution is 0.638. The molecule has 40 valence electrons. The highest BCUT2D eigenvalue weighted by atomic mass is 15.1. The molecule has 1 fully saturated rings. The van der Waals surface area contributed by atoms with Gasteiger partial charge in [0.2, 0.25) is 0 Å². The van der Waals surface area contributed by atoms with Gasteiger partial charge in [-0.3, -0.25) is 5.32 Å². The van der Waals surface area contributed by atoms with E-state index < -0.39 is 0 Å². The molecule has 0 aromatic rings. The maximum atomic E-state index is 7.04. The smallest absolute Gasteiger partial charge is 0.0603 e. The molecule has 0 aromatic carbocycles. The molecule has 0 amide bonds. The lowest BCUT2D eigenvalue weighted by atomic mass is 10.3. The molecule has 1 aliphatic rings. The average Bonchev–Trinajstić information content (AvgIpc) is 1.87. The molecule has 4 N–H and O–H groups in total. The van der Waals surface area contributed by atoms with E-state index in [0.29, 0.717) is 12.3 Å². The van der Waals surface area contributed by atoms with E-state index >= 15 is 0 Å². The molecule has 1 atom stereocenters. The standard InChI is InChI=1S/C4H9N3/c5-3-1-4(6)7-2-3/h4-5,7H,1-2,6H2. The number of hydrogen-bond acceptors (Lipinski definition) is 3. The predicted molar refractivity (Wildman–Crippen MR) is 28.3 cm³/mol. The molecule has 0 radical (unpaired) electrons. The highest BCUT2D eigenvalue weighted by Crippen LogP contribution is 1.93. The SMILES string of the molecule is N=C1CNC(N)C1. The van der Waals surface area contributed by atoms with Crippen molar-refractivity contribution in [2.24, 2.45) is 5.73 Å². The normalized spacial score (nSPS) is 31.6. The Bertz CT molecular complexity index is 88.9. The van der Waals surface area contributed by atoms with Gasteiger partial charge in [0.15, 0.2) is 0 Å². The van der Waals surface area contributed by atoms with Crippen LogP contribution in [-0.2, 0) is 0 Å². The number of hydrogen-bond donors (Lipinski definition) is 3. The molecule has 7 heavy (non-hydrogen) atoms. The van der Waals surface area contributed by atoms with E-state index in [2.05, 4.69) is 5.32 Å². The minimum atomic E-state index is 0.0486. The molecule has 1 heterocycles. The third kappa shape index (κ3) is 0.976. The third-order valence-corrected chi connectivity index (χ3v) is 1.04. The number of nitrogens with two attached hydrogens (primary N) is 1. The average molecular weight is 99.1 g/mol. The summed E-state index contributed by atoms with van der Waals surface area (Å²) in [5.41, 5.74) is 6.09. The Morgan fingerprint density at radius 3 is 2.71 bits per heavy atom. The van der Waals surface area contributed by atoms with E-state index in [9.17, 15) is 0 Å². The lowest BCUT2D eigenvalue weighted by Crippen LogP contribution is -2.30. The largest absolute Gasteiger partial charge is 0.316 e. The van der Waals surface area contributed by atoms with Gasteiger partial charge >= 0.3 is 0 Å². The summed E-state index contributed by atoms with van der Waals surface area (Å²) in [7, 11) is 0. The molecule has 0 aliphatic carbocycles. The van der Waals surface area contributed by atoms with E-state index in [-0.39, 0.29) is 6.17 Å². The fourth-order valence-corrected chi connectivity index (χ4v) is 0.664. The van der Waals surface area contributed by atoms with Crippen molar-refractivity contribution in [2.75, 3.05) is 6.54 Å². The highest BCUT2D eigenvalue weighted by molar-refractivity contribution is 5.85. The molecule has 1 unspecified atom stereocenters. The maximum absolute atomic E-state index is 7.04. The van der Waals surface area contributed by atoms with Gasteiger partial charge in [-0.15, -0.1) is 0 Å². The van der Waals surface area contributed by atoms with Gasteiger partial charge in [0.05, 0.1) is 6.17 Å². The van der Waals surface area contributed by atoms with Crippen LogP contribution in [0.5, 0.6) is 0 Å². The molecule has 3 heteroatoms. The zero-order valence-electron chi connectivity index (χ0n) is 4.07. The van der Waals surface area contributed by atoms with Gasteiger partial charge in [-0.2, -0.15) is 0 Å². The van der Waals surface area contributed by atoms with Crippen LogP contribution in [0.3, 0.4) is 0 Å². The number of rotatable bonds is 0. The van der Waals surface area contributed by atoms with Gasteiger partial charge in [-0.25, -0.2) is 0 Å². The van der Waals surface area contributed by atoms with Gasteiger partial charge in [0.25, 0.3) is 0 Å². The van der Waals surface area contributed by atoms with Crippen molar-refractivity contribution in [3.8, 4) is 0 Å². The van der Waals surface area contributed by atoms with E-state index in [1.54, 1.807) is 0 Å². The topological polar surface area (TPSA) is 61.9 Å². The summed E-state index contributed by atoms with van der Waals surface area (Å²) in [6.45, 7) is 0.682. The molecule has 1 saturated heterocycles. The Balaban J connectivity index is 2.40. The predicted octanol–water partition coefficient (Wildman–Crippen LogP) is -0.716. The number of nitrogens with one attached hydrogen (secondary N) is 2. The fraction of sp³-hybridized carbons (Fsp3) is 0.750. The van der Waals surface area contributed by atoms with Crippen LogP contribution >= 0.6 is 0 Å². The Morgan fingerprint density at radius 1 is 1.86 bits per heavy atom. The van der Waals surface area contributed by atoms with Gasteiger partial charge in [0.1, 0.15) is 0 Å². The van der Waals surface area contributed by atoms with Crippen molar-refractivity contribution >= 4 is 5.71 Å². The van der Waals surface area contributed by atoms with Crippen LogP contribution in [0.4, 0.5) is 0 Å². The van der Waals surface area contributed by atoms with Crippen LogP contribution < -0.4 is 11.1 Å². The molecular formula is C4H9N3. The molecular weight excluding hydrogens is 90.1 g/mol. The van der Waals surface area contributed by atoms with E-state index in [0.717, 1.165) is 6.42 Å². The Labute approximate surface area is 42.4 Å². The van der Waals surface area contributed by atoms with Gasteiger partial charge in [-0.05, 0) is 0 Å². The van der Waals surface area contributed by atoms with Crippen LogP contribution in [0.25, 0.3) is 0 Å². The summed E-state index contributed by atoms with van der Waals surface area (Å²) >= 11 is 0. The highest BCUT2D eigenvalue weighted by Gasteiger charge is 2.12. The van der Waals surface area contributed by atoms with Crippen LogP contribution in [0, 0.1) is 5.41 Å². The Morgan fingerprint density at radius 2 is 2.57 bits per heavy atom. The monoisotopic (exact) mass is 99.1 g/mol. The third-order valence-electron chi connectivity index (χ3n) is 1.04. The quantitative estimate of drug-likeness (QED) is 0.375. The summed E-state index contributed by atoms with van der Waals surface area (Å²) in [5.74, 6) is 0. The van der Waals surface area contributed by atoms with Crippen LogP contribution in [0.1, 0.15) is 6.42 Å². The summed E-state index contributed by atoms with van der Waals surface area (Å²) in [6.07, 6.45) is 0.771. The fourth-order valence-electron chi connectivity index (χ4n) is 0.664. The van der Waals surface area contributed by atoms with Gasteiger partial charge < -0.3 is 11.1 Å². The first-order chi connectivity index (χ1) is 3.29. The maximum Gasteiger partial charge on any atom is 0.0603 e. The van der Waals surface area contributed by atoms with Crippen molar-refractivity contribution in [1.29, 1.82) is 5.41 Å². The van der Waals surface area contributed by atoms with E-state index in [1.807, 2.05) is 0 Å². The molecule has 0 saturated carbocycles. The van der Waals surface area contributed by atoms with Crippen molar-refractivity contribution < 1.29 is 0 Å². The second kappa shape index (κ2) is 1.60. The lowest BCUT2D eigenvalue weighted by Gasteiger charge is -1.95. The van der Waals surface area contributed by atoms with Crippen LogP contribution in [-0.4, -0.2) is 18.4 Å². The van der Waals surface area contributed by atoms with Gasteiger partial charge in [-0.1, -0.05) is 0 Å². The first-order valence-electron chi connectivity index (χ1n) is 2.34. The first-order valence-corrected chi connectivity index (χ1v) is 2.34. The second-order valence-corrected chi connectivity index (χ2v) is 1.80. The zero-order chi connectivity index (χ0) is 5.28. The Hall–Kier alpha value is -0.410. The van der Waals surface area contributed by atoms with Crippen molar-refractivity contribution in [1.82, 2.24) is 5.32 Å². The minimum Gasteiger partial charge on any atom is -0.316 e. The second-order valence-electron chi connectivity index (χ2n) is 1.80. The summed E-state index contributed by atoms with van der Waals surface area (Å²) in [6, 6.07) is 0. The Kier molecular flexibility index (Phi) is 1.08. The molecule has 0 bridgehead atoms. The van der Waals surface area contributed by atoms with Crippen molar-refractivity contribution in [2.45, 2.75) is 12.6 Å². The molecule has 0 spiro atoms. The van der Waals surface area contributed by atoms with Gasteiger partial charge in [0, 0.05) is 18.7 Å². The van der Waals surface area contributed by atoms with Crippen LogP contribution in [0.15, 0.2) is 0 Å². The van der Waals surface area contributed by atoms with Crippen LogP contribution in [0.2, 0.25) is 0 Å². The zero-order valence-corrected chi connectivity index (χ0v) is 4.07. The van der Waals surface area contributed by atoms with E-state index in [1.165, 1.54) is 0 Å². The van der Waals surface area contributed by atoms with Crippen molar-refractivity contribution in [3.05, 3.63) is 0 Å².